The van der Waals surface area contributed by atoms with Gasteiger partial charge < -0.3 is 9.47 Å². The lowest BCUT2D eigenvalue weighted by Crippen LogP contribution is -2.09. The van der Waals surface area contributed by atoms with Crippen LogP contribution in [0, 0.1) is 23.7 Å². The van der Waals surface area contributed by atoms with Crippen molar-refractivity contribution in [2.75, 3.05) is 4.90 Å². The van der Waals surface area contributed by atoms with E-state index in [0.29, 0.717) is 11.3 Å². The van der Waals surface area contributed by atoms with E-state index in [1.54, 1.807) is 24.3 Å². The van der Waals surface area contributed by atoms with Gasteiger partial charge in [0.1, 0.15) is 6.29 Å². The molecule has 6 heteroatoms. The van der Waals surface area contributed by atoms with Gasteiger partial charge in [-0.2, -0.15) is 13.2 Å². The van der Waals surface area contributed by atoms with Crippen LogP contribution < -0.4 is 4.90 Å². The molecule has 0 spiro atoms. The highest BCUT2D eigenvalue weighted by molar-refractivity contribution is 6.10. The first-order valence-electron chi connectivity index (χ1n) is 17.2. The second kappa shape index (κ2) is 14.4. The second-order valence-electron chi connectivity index (χ2n) is 12.6. The SMILES string of the molecule is O=Cc1ccc(C#Cc2ccc3c4ccc(C#Cc5ccc(N(c6ccccc6)c6ccccc6)cc5)cc4n(-c4ccc(C(F)(F)F)cc4)c3c2)cc1. The molecule has 0 amide bonds. The van der Waals surface area contributed by atoms with Crippen LogP contribution in [0.1, 0.15) is 38.2 Å². The van der Waals surface area contributed by atoms with E-state index in [1.165, 1.54) is 12.1 Å². The second-order valence-corrected chi connectivity index (χ2v) is 12.6. The Bertz CT molecular complexity index is 2710. The number of para-hydroxylation sites is 2. The number of carbonyl (C=O) groups excluding carboxylic acids is 1. The summed E-state index contributed by atoms with van der Waals surface area (Å²) in [6, 6.07) is 52.4. The molecule has 8 rings (SSSR count). The van der Waals surface area contributed by atoms with Crippen molar-refractivity contribution < 1.29 is 18.0 Å². The summed E-state index contributed by atoms with van der Waals surface area (Å²) in [4.78, 5) is 13.2. The van der Waals surface area contributed by atoms with Crippen LogP contribution in [-0.4, -0.2) is 10.9 Å². The summed E-state index contributed by atoms with van der Waals surface area (Å²) in [5.41, 5.74) is 8.23. The van der Waals surface area contributed by atoms with Crippen LogP contribution in [0.5, 0.6) is 0 Å². The number of aromatic nitrogens is 1. The number of anilines is 3. The van der Waals surface area contributed by atoms with E-state index < -0.39 is 11.7 Å². The van der Waals surface area contributed by atoms with Crippen LogP contribution >= 0.6 is 0 Å². The number of rotatable bonds is 5. The average Bonchev–Trinajstić information content (AvgIpc) is 3.53. The third-order valence-electron chi connectivity index (χ3n) is 9.12. The Balaban J connectivity index is 1.17. The predicted octanol–water partition coefficient (Wildman–Crippen LogP) is 11.9. The first kappa shape index (κ1) is 33.8. The monoisotopic (exact) mass is 706 g/mol. The lowest BCUT2D eigenvalue weighted by molar-refractivity contribution is -0.137. The van der Waals surface area contributed by atoms with Gasteiger partial charge in [-0.3, -0.25) is 4.79 Å². The first-order chi connectivity index (χ1) is 26.3. The number of aldehydes is 1. The van der Waals surface area contributed by atoms with Gasteiger partial charge >= 0.3 is 6.18 Å². The summed E-state index contributed by atoms with van der Waals surface area (Å²) in [6.07, 6.45) is -3.67. The van der Waals surface area contributed by atoms with Crippen molar-refractivity contribution in [2.45, 2.75) is 6.18 Å². The van der Waals surface area contributed by atoms with Crippen LogP contribution in [0.25, 0.3) is 27.5 Å². The van der Waals surface area contributed by atoms with Crippen LogP contribution in [0.4, 0.5) is 30.2 Å². The van der Waals surface area contributed by atoms with Gasteiger partial charge in [0.25, 0.3) is 0 Å². The van der Waals surface area contributed by atoms with E-state index in [9.17, 15) is 18.0 Å². The molecule has 3 nitrogen and oxygen atoms in total. The maximum Gasteiger partial charge on any atom is 0.416 e. The number of hydrogen-bond donors (Lipinski definition) is 0. The highest BCUT2D eigenvalue weighted by Crippen LogP contribution is 2.36. The van der Waals surface area contributed by atoms with E-state index in [1.807, 2.05) is 89.5 Å². The fraction of sp³-hybridized carbons (Fsp3) is 0.0208. The van der Waals surface area contributed by atoms with E-state index in [-0.39, 0.29) is 0 Å². The van der Waals surface area contributed by atoms with Crippen molar-refractivity contribution in [2.24, 2.45) is 0 Å². The maximum atomic E-state index is 13.5. The van der Waals surface area contributed by atoms with Gasteiger partial charge in [0.05, 0.1) is 16.6 Å². The van der Waals surface area contributed by atoms with Crippen LogP contribution in [0.2, 0.25) is 0 Å². The van der Waals surface area contributed by atoms with Gasteiger partial charge in [0, 0.05) is 61.3 Å². The minimum atomic E-state index is -4.45. The Kier molecular flexibility index (Phi) is 9.02. The molecule has 54 heavy (non-hydrogen) atoms. The quantitative estimate of drug-likeness (QED) is 0.131. The van der Waals surface area contributed by atoms with E-state index in [2.05, 4.69) is 65.0 Å². The fourth-order valence-electron chi connectivity index (χ4n) is 6.48. The van der Waals surface area contributed by atoms with Crippen molar-refractivity contribution in [3.05, 3.63) is 203 Å². The van der Waals surface area contributed by atoms with Gasteiger partial charge in [-0.25, -0.2) is 0 Å². The zero-order valence-electron chi connectivity index (χ0n) is 28.7. The first-order valence-corrected chi connectivity index (χ1v) is 17.2. The molecule has 0 N–H and O–H groups in total. The number of carbonyl (C=O) groups is 1. The standard InChI is InChI=1S/C48H29F3N2O/c49-48(50,51)39-23-27-43(28-24-39)53-46-31-36(15-11-34-13-17-38(33-54)18-14-34)21-29-44(46)45-30-22-37(32-47(45)53)16-12-35-19-25-42(26-20-35)52(40-7-3-1-4-8-40)41-9-5-2-6-10-41/h1-10,13-14,17-33H. The molecule has 0 aliphatic carbocycles. The molecule has 8 aromatic rings. The number of nitrogens with zero attached hydrogens (tertiary/aromatic N) is 2. The molecule has 1 heterocycles. The molecule has 0 saturated carbocycles. The van der Waals surface area contributed by atoms with E-state index in [4.69, 9.17) is 0 Å². The lowest BCUT2D eigenvalue weighted by Gasteiger charge is -2.25. The third-order valence-corrected chi connectivity index (χ3v) is 9.12. The minimum absolute atomic E-state index is 0.569. The molecule has 7 aromatic carbocycles. The van der Waals surface area contributed by atoms with Crippen LogP contribution in [0.15, 0.2) is 170 Å². The molecule has 1 aromatic heterocycles. The van der Waals surface area contributed by atoms with Gasteiger partial charge in [-0.15, -0.1) is 0 Å². The maximum absolute atomic E-state index is 13.5. The molecule has 0 fully saturated rings. The number of fused-ring (bicyclic) bond motifs is 3. The van der Waals surface area contributed by atoms with Gasteiger partial charge in [0.2, 0.25) is 0 Å². The summed E-state index contributed by atoms with van der Waals surface area (Å²) in [5.74, 6) is 12.9. The molecule has 0 atom stereocenters. The Morgan fingerprint density at radius 3 is 1.37 bits per heavy atom. The zero-order valence-corrected chi connectivity index (χ0v) is 28.7. The summed E-state index contributed by atoms with van der Waals surface area (Å²) < 4.78 is 42.5. The Hall–Kier alpha value is -7.28. The van der Waals surface area contributed by atoms with Crippen molar-refractivity contribution in [1.82, 2.24) is 4.57 Å². The molecule has 258 valence electrons. The molecule has 0 aliphatic heterocycles. The smallest absolute Gasteiger partial charge is 0.311 e. The van der Waals surface area contributed by atoms with Gasteiger partial charge in [-0.1, -0.05) is 84.3 Å². The average molecular weight is 707 g/mol. The van der Waals surface area contributed by atoms with E-state index >= 15 is 0 Å². The third kappa shape index (κ3) is 6.97. The van der Waals surface area contributed by atoms with Crippen LogP contribution in [0.3, 0.4) is 0 Å². The number of hydrogen-bond acceptors (Lipinski definition) is 2. The van der Waals surface area contributed by atoms with E-state index in [0.717, 1.165) is 79.5 Å². The highest BCUT2D eigenvalue weighted by atomic mass is 19.4. The molecular weight excluding hydrogens is 678 g/mol. The Labute approximate surface area is 310 Å². The molecule has 0 radical (unpaired) electrons. The van der Waals surface area contributed by atoms with Crippen molar-refractivity contribution >= 4 is 45.2 Å². The summed E-state index contributed by atoms with van der Waals surface area (Å²) in [7, 11) is 0. The predicted molar refractivity (Wildman–Crippen MR) is 211 cm³/mol. The zero-order chi connectivity index (χ0) is 37.1. The lowest BCUT2D eigenvalue weighted by atomic mass is 10.1. The number of benzene rings is 7. The van der Waals surface area contributed by atoms with Gasteiger partial charge in [-0.05, 0) is 109 Å². The summed E-state index contributed by atoms with van der Waals surface area (Å²) in [5, 5.41) is 1.87. The minimum Gasteiger partial charge on any atom is -0.311 e. The molecule has 0 saturated heterocycles. The topological polar surface area (TPSA) is 25.2 Å². The molecular formula is C48H29F3N2O. The number of halogens is 3. The molecule has 0 unspecified atom stereocenters. The highest BCUT2D eigenvalue weighted by Gasteiger charge is 2.30. The normalized spacial score (nSPS) is 11.0. The van der Waals surface area contributed by atoms with Gasteiger partial charge in [0.15, 0.2) is 0 Å². The number of alkyl halides is 3. The largest absolute Gasteiger partial charge is 0.416 e. The summed E-state index contributed by atoms with van der Waals surface area (Å²) >= 11 is 0. The van der Waals surface area contributed by atoms with Crippen molar-refractivity contribution in [3.8, 4) is 29.4 Å². The molecule has 0 bridgehead atoms. The van der Waals surface area contributed by atoms with Crippen LogP contribution in [-0.2, 0) is 6.18 Å². The summed E-state index contributed by atoms with van der Waals surface area (Å²) in [6.45, 7) is 0. The Morgan fingerprint density at radius 1 is 0.481 bits per heavy atom. The van der Waals surface area contributed by atoms with Crippen molar-refractivity contribution in [3.63, 3.8) is 0 Å². The Morgan fingerprint density at radius 2 is 0.907 bits per heavy atom. The van der Waals surface area contributed by atoms with Crippen molar-refractivity contribution in [1.29, 1.82) is 0 Å². The molecule has 0 aliphatic rings. The fourth-order valence-corrected chi connectivity index (χ4v) is 6.48.